The maximum absolute atomic E-state index is 5.85. The van der Waals surface area contributed by atoms with Gasteiger partial charge in [0.25, 0.3) is 0 Å². The number of aryl methyl sites for hydroxylation is 1. The summed E-state index contributed by atoms with van der Waals surface area (Å²) in [6.45, 7) is 3.65. The number of aromatic nitrogens is 1. The first-order valence-electron chi connectivity index (χ1n) is 10.2. The molecule has 0 bridgehead atoms. The predicted octanol–water partition coefficient (Wildman–Crippen LogP) is 5.38. The Morgan fingerprint density at radius 1 is 1.00 bits per heavy atom. The first-order chi connectivity index (χ1) is 13.2. The molecule has 0 atom stereocenters. The van der Waals surface area contributed by atoms with Crippen molar-refractivity contribution < 1.29 is 0 Å². The topological polar surface area (TPSA) is 28.2 Å². The smallest absolute Gasteiger partial charge is 0.169 e. The van der Waals surface area contributed by atoms with E-state index in [0.717, 1.165) is 23.9 Å². The summed E-state index contributed by atoms with van der Waals surface area (Å²) in [5, 5.41) is 4.52. The molecule has 144 valence electrons. The van der Waals surface area contributed by atoms with Crippen LogP contribution in [0, 0.1) is 6.92 Å². The summed E-state index contributed by atoms with van der Waals surface area (Å²) in [6.07, 6.45) is 11.0. The van der Waals surface area contributed by atoms with Crippen LogP contribution in [-0.2, 0) is 13.1 Å². The minimum absolute atomic E-state index is 0.502. The number of benzene rings is 1. The number of nitrogens with one attached hydrogen (secondary N) is 1. The number of pyridine rings is 1. The van der Waals surface area contributed by atoms with E-state index in [9.17, 15) is 0 Å². The Hall–Kier alpha value is -1.94. The van der Waals surface area contributed by atoms with Crippen LogP contribution in [0.1, 0.15) is 61.8 Å². The normalized spacial score (nSPS) is 15.6. The van der Waals surface area contributed by atoms with Gasteiger partial charge in [0.2, 0.25) is 0 Å². The van der Waals surface area contributed by atoms with Crippen LogP contribution in [0.4, 0.5) is 0 Å². The van der Waals surface area contributed by atoms with Crippen molar-refractivity contribution >= 4 is 17.3 Å². The van der Waals surface area contributed by atoms with Crippen molar-refractivity contribution in [3.05, 3.63) is 65.5 Å². The molecule has 1 aromatic heterocycles. The lowest BCUT2D eigenvalue weighted by molar-refractivity contribution is 0.367. The lowest BCUT2D eigenvalue weighted by Gasteiger charge is -2.30. The predicted molar refractivity (Wildman–Crippen MR) is 117 cm³/mol. The van der Waals surface area contributed by atoms with Crippen LogP contribution in [0.15, 0.2) is 48.7 Å². The lowest BCUT2D eigenvalue weighted by atomic mass is 9.97. The number of hydrogen-bond donors (Lipinski definition) is 1. The molecule has 0 aliphatic heterocycles. The minimum atomic E-state index is 0.502. The molecule has 1 aliphatic rings. The third-order valence-corrected chi connectivity index (χ3v) is 5.67. The van der Waals surface area contributed by atoms with Crippen LogP contribution in [0.25, 0.3) is 0 Å². The Morgan fingerprint density at radius 3 is 2.37 bits per heavy atom. The highest BCUT2D eigenvalue weighted by atomic mass is 32.1. The molecule has 0 amide bonds. The van der Waals surface area contributed by atoms with Crippen molar-refractivity contribution in [3.63, 3.8) is 0 Å². The molecule has 1 heterocycles. The Bertz CT molecular complexity index is 691. The highest BCUT2D eigenvalue weighted by Gasteiger charge is 2.17. The van der Waals surface area contributed by atoms with Gasteiger partial charge in [0.05, 0.1) is 12.2 Å². The summed E-state index contributed by atoms with van der Waals surface area (Å²) < 4.78 is 0. The van der Waals surface area contributed by atoms with Crippen molar-refractivity contribution in [2.24, 2.45) is 0 Å². The van der Waals surface area contributed by atoms with E-state index in [-0.39, 0.29) is 0 Å². The molecule has 1 fully saturated rings. The highest BCUT2D eigenvalue weighted by molar-refractivity contribution is 7.80. The molecule has 0 unspecified atom stereocenters. The second kappa shape index (κ2) is 10.4. The second-order valence-electron chi connectivity index (χ2n) is 7.65. The molecule has 0 spiro atoms. The first kappa shape index (κ1) is 19.8. The summed E-state index contributed by atoms with van der Waals surface area (Å²) in [5.41, 5.74) is 3.61. The number of rotatable bonds is 5. The van der Waals surface area contributed by atoms with Crippen LogP contribution >= 0.6 is 12.2 Å². The summed E-state index contributed by atoms with van der Waals surface area (Å²) in [6, 6.07) is 15.3. The van der Waals surface area contributed by atoms with Crippen LogP contribution in [0.3, 0.4) is 0 Å². The van der Waals surface area contributed by atoms with E-state index in [2.05, 4.69) is 52.5 Å². The van der Waals surface area contributed by atoms with Crippen molar-refractivity contribution in [1.29, 1.82) is 0 Å². The van der Waals surface area contributed by atoms with Crippen LogP contribution < -0.4 is 5.32 Å². The van der Waals surface area contributed by atoms with Gasteiger partial charge in [-0.1, -0.05) is 68.0 Å². The SMILES string of the molecule is Cc1ccc(CN(Cc2ccccn2)C(=S)NC2CCCCCCC2)cc1. The van der Waals surface area contributed by atoms with Gasteiger partial charge in [0.15, 0.2) is 5.11 Å². The Labute approximate surface area is 169 Å². The molecule has 0 saturated heterocycles. The fraction of sp³-hybridized carbons (Fsp3) is 0.478. The van der Waals surface area contributed by atoms with Gasteiger partial charge in [0.1, 0.15) is 0 Å². The number of thiocarbonyl (C=S) groups is 1. The van der Waals surface area contributed by atoms with Gasteiger partial charge in [-0.05, 0) is 49.7 Å². The molecule has 1 N–H and O–H groups in total. The van der Waals surface area contributed by atoms with Gasteiger partial charge in [0, 0.05) is 18.8 Å². The van der Waals surface area contributed by atoms with Crippen molar-refractivity contribution in [2.45, 2.75) is 71.0 Å². The van der Waals surface area contributed by atoms with Gasteiger partial charge in [-0.3, -0.25) is 4.98 Å². The zero-order valence-electron chi connectivity index (χ0n) is 16.4. The zero-order valence-corrected chi connectivity index (χ0v) is 17.2. The molecule has 0 radical (unpaired) electrons. The maximum Gasteiger partial charge on any atom is 0.169 e. The third kappa shape index (κ3) is 6.62. The van der Waals surface area contributed by atoms with Gasteiger partial charge in [-0.2, -0.15) is 0 Å². The van der Waals surface area contributed by atoms with Gasteiger partial charge < -0.3 is 10.2 Å². The highest BCUT2D eigenvalue weighted by Crippen LogP contribution is 2.18. The first-order valence-corrected chi connectivity index (χ1v) is 10.6. The largest absolute Gasteiger partial charge is 0.360 e. The van der Waals surface area contributed by atoms with E-state index in [1.54, 1.807) is 0 Å². The van der Waals surface area contributed by atoms with Crippen molar-refractivity contribution in [2.75, 3.05) is 0 Å². The standard InChI is InChI=1S/C23H31N3S/c1-19-12-14-20(15-13-19)17-26(18-22-11-7-8-16-24-22)23(27)25-21-9-5-3-2-4-6-10-21/h7-8,11-16,21H,2-6,9-10,17-18H2,1H3,(H,25,27). The Morgan fingerprint density at radius 2 is 1.70 bits per heavy atom. The van der Waals surface area contributed by atoms with Crippen LogP contribution in [0.5, 0.6) is 0 Å². The average Bonchev–Trinajstić information content (AvgIpc) is 2.66. The summed E-state index contributed by atoms with van der Waals surface area (Å²) in [5.74, 6) is 0. The Balaban J connectivity index is 1.69. The number of hydrogen-bond acceptors (Lipinski definition) is 2. The molecule has 1 aliphatic carbocycles. The van der Waals surface area contributed by atoms with E-state index in [1.807, 2.05) is 18.3 Å². The van der Waals surface area contributed by atoms with Gasteiger partial charge in [-0.25, -0.2) is 0 Å². The molecule has 4 heteroatoms. The van der Waals surface area contributed by atoms with Crippen molar-refractivity contribution in [1.82, 2.24) is 15.2 Å². The van der Waals surface area contributed by atoms with Gasteiger partial charge >= 0.3 is 0 Å². The molecule has 3 rings (SSSR count). The number of nitrogens with zero attached hydrogens (tertiary/aromatic N) is 2. The van der Waals surface area contributed by atoms with E-state index < -0.39 is 0 Å². The van der Waals surface area contributed by atoms with E-state index in [4.69, 9.17) is 12.2 Å². The van der Waals surface area contributed by atoms with E-state index in [1.165, 1.54) is 56.1 Å². The monoisotopic (exact) mass is 381 g/mol. The summed E-state index contributed by atoms with van der Waals surface area (Å²) in [4.78, 5) is 6.75. The second-order valence-corrected chi connectivity index (χ2v) is 8.04. The third-order valence-electron chi connectivity index (χ3n) is 5.29. The molecule has 1 aromatic carbocycles. The van der Waals surface area contributed by atoms with Crippen LogP contribution in [0.2, 0.25) is 0 Å². The van der Waals surface area contributed by atoms with E-state index in [0.29, 0.717) is 6.04 Å². The fourth-order valence-electron chi connectivity index (χ4n) is 3.67. The molecular weight excluding hydrogens is 350 g/mol. The van der Waals surface area contributed by atoms with Crippen molar-refractivity contribution in [3.8, 4) is 0 Å². The Kier molecular flexibility index (Phi) is 7.64. The quantitative estimate of drug-likeness (QED) is 0.704. The molecule has 27 heavy (non-hydrogen) atoms. The summed E-state index contributed by atoms with van der Waals surface area (Å²) in [7, 11) is 0. The molecule has 2 aromatic rings. The molecule has 1 saturated carbocycles. The maximum atomic E-state index is 5.85. The summed E-state index contributed by atoms with van der Waals surface area (Å²) >= 11 is 5.85. The van der Waals surface area contributed by atoms with Gasteiger partial charge in [-0.15, -0.1) is 0 Å². The fourth-order valence-corrected chi connectivity index (χ4v) is 3.96. The van der Waals surface area contributed by atoms with Crippen LogP contribution in [-0.4, -0.2) is 21.0 Å². The zero-order chi connectivity index (χ0) is 18.9. The molecule has 3 nitrogen and oxygen atoms in total. The minimum Gasteiger partial charge on any atom is -0.360 e. The molecular formula is C23H31N3S. The average molecular weight is 382 g/mol. The lowest BCUT2D eigenvalue weighted by Crippen LogP contribution is -2.44. The van der Waals surface area contributed by atoms with E-state index >= 15 is 0 Å².